The van der Waals surface area contributed by atoms with Crippen LogP contribution in [0.3, 0.4) is 0 Å². The standard InChI is InChI=1S/C6H14OS.H2O/c1-2-3-4-5-6(7)8;/h6-8H,2-5H2,1H3;1H2. The van der Waals surface area contributed by atoms with Crippen molar-refractivity contribution in [2.45, 2.75) is 38.0 Å². The summed E-state index contributed by atoms with van der Waals surface area (Å²) in [5, 5.41) is 8.64. The quantitative estimate of drug-likeness (QED) is 0.352. The summed E-state index contributed by atoms with van der Waals surface area (Å²) >= 11 is 3.83. The number of hydrogen-bond acceptors (Lipinski definition) is 2. The molecule has 58 valence electrons. The van der Waals surface area contributed by atoms with Gasteiger partial charge < -0.3 is 10.6 Å². The van der Waals surface area contributed by atoms with E-state index in [-0.39, 0.29) is 5.48 Å². The Balaban J connectivity index is 0. The summed E-state index contributed by atoms with van der Waals surface area (Å²) < 4.78 is 0. The van der Waals surface area contributed by atoms with E-state index in [4.69, 9.17) is 5.11 Å². The summed E-state index contributed by atoms with van der Waals surface area (Å²) in [7, 11) is 0. The first kappa shape index (κ1) is 12.0. The van der Waals surface area contributed by atoms with Gasteiger partial charge in [0, 0.05) is 0 Å². The van der Waals surface area contributed by atoms with Gasteiger partial charge in [-0.2, -0.15) is 0 Å². The Morgan fingerprint density at radius 2 is 2.00 bits per heavy atom. The molecular weight excluding hydrogens is 136 g/mol. The highest BCUT2D eigenvalue weighted by Gasteiger charge is 1.92. The zero-order valence-electron chi connectivity index (χ0n) is 5.80. The molecule has 0 amide bonds. The summed E-state index contributed by atoms with van der Waals surface area (Å²) in [6, 6.07) is 0. The van der Waals surface area contributed by atoms with Crippen molar-refractivity contribution in [3.8, 4) is 0 Å². The third-order valence-corrected chi connectivity index (χ3v) is 1.32. The minimum Gasteiger partial charge on any atom is -0.412 e. The van der Waals surface area contributed by atoms with Gasteiger partial charge in [-0.25, -0.2) is 0 Å². The number of unbranched alkanes of at least 4 members (excludes halogenated alkanes) is 2. The van der Waals surface area contributed by atoms with Crippen molar-refractivity contribution in [2.24, 2.45) is 0 Å². The van der Waals surface area contributed by atoms with E-state index in [2.05, 4.69) is 19.6 Å². The predicted molar refractivity (Wildman–Crippen MR) is 42.7 cm³/mol. The van der Waals surface area contributed by atoms with Crippen LogP contribution in [0.5, 0.6) is 0 Å². The lowest BCUT2D eigenvalue weighted by molar-refractivity contribution is 0.250. The highest BCUT2D eigenvalue weighted by Crippen LogP contribution is 2.04. The molecule has 0 aliphatic carbocycles. The molecule has 1 atom stereocenters. The van der Waals surface area contributed by atoms with Gasteiger partial charge in [0.25, 0.3) is 0 Å². The Kier molecular flexibility index (Phi) is 11.0. The molecule has 0 heterocycles. The predicted octanol–water partition coefficient (Wildman–Crippen LogP) is 0.990. The van der Waals surface area contributed by atoms with Crippen LogP contribution in [0.4, 0.5) is 0 Å². The van der Waals surface area contributed by atoms with Crippen LogP contribution in [-0.4, -0.2) is 16.0 Å². The van der Waals surface area contributed by atoms with Crippen LogP contribution in [0.2, 0.25) is 0 Å². The van der Waals surface area contributed by atoms with Gasteiger partial charge >= 0.3 is 0 Å². The van der Waals surface area contributed by atoms with Crippen LogP contribution in [0.25, 0.3) is 0 Å². The van der Waals surface area contributed by atoms with Gasteiger partial charge in [0.2, 0.25) is 0 Å². The van der Waals surface area contributed by atoms with Gasteiger partial charge in [-0.15, -0.1) is 12.6 Å². The molecule has 0 spiro atoms. The van der Waals surface area contributed by atoms with Gasteiger partial charge in [-0.3, -0.25) is 0 Å². The molecule has 0 fully saturated rings. The molecule has 0 aromatic carbocycles. The highest BCUT2D eigenvalue weighted by atomic mass is 32.1. The Morgan fingerprint density at radius 1 is 1.44 bits per heavy atom. The lowest BCUT2D eigenvalue weighted by Crippen LogP contribution is -1.93. The van der Waals surface area contributed by atoms with Crippen LogP contribution in [0.15, 0.2) is 0 Å². The van der Waals surface area contributed by atoms with Gasteiger partial charge in [0.1, 0.15) is 0 Å². The minimum atomic E-state index is -0.401. The van der Waals surface area contributed by atoms with E-state index in [1.54, 1.807) is 0 Å². The lowest BCUT2D eigenvalue weighted by atomic mass is 10.2. The second-order valence-corrected chi connectivity index (χ2v) is 2.57. The second-order valence-electron chi connectivity index (χ2n) is 1.98. The van der Waals surface area contributed by atoms with Crippen molar-refractivity contribution in [1.82, 2.24) is 0 Å². The van der Waals surface area contributed by atoms with Crippen molar-refractivity contribution in [3.05, 3.63) is 0 Å². The molecule has 0 aliphatic rings. The molecular formula is C6H16O2S. The fourth-order valence-corrected chi connectivity index (χ4v) is 0.759. The first-order valence-corrected chi connectivity index (χ1v) is 3.65. The van der Waals surface area contributed by atoms with Crippen LogP contribution in [0, 0.1) is 0 Å². The Bertz CT molecular complexity index is 48.3. The maximum absolute atomic E-state index is 8.64. The molecule has 0 aliphatic heterocycles. The van der Waals surface area contributed by atoms with Crippen molar-refractivity contribution >= 4 is 12.6 Å². The molecule has 3 N–H and O–H groups in total. The molecule has 9 heavy (non-hydrogen) atoms. The lowest BCUT2D eigenvalue weighted by Gasteiger charge is -1.99. The Hall–Kier alpha value is 0.270. The van der Waals surface area contributed by atoms with Crippen molar-refractivity contribution in [2.75, 3.05) is 0 Å². The molecule has 0 bridgehead atoms. The van der Waals surface area contributed by atoms with Crippen molar-refractivity contribution < 1.29 is 10.6 Å². The summed E-state index contributed by atoms with van der Waals surface area (Å²) in [5.41, 5.74) is -0.401. The zero-order valence-corrected chi connectivity index (χ0v) is 6.69. The van der Waals surface area contributed by atoms with Gasteiger partial charge in [-0.05, 0) is 6.42 Å². The molecule has 0 saturated carbocycles. The zero-order chi connectivity index (χ0) is 6.41. The van der Waals surface area contributed by atoms with Crippen LogP contribution >= 0.6 is 12.6 Å². The number of aliphatic hydroxyl groups is 1. The van der Waals surface area contributed by atoms with E-state index in [9.17, 15) is 0 Å². The summed E-state index contributed by atoms with van der Waals surface area (Å²) in [6.07, 6.45) is 4.34. The van der Waals surface area contributed by atoms with E-state index >= 15 is 0 Å². The molecule has 1 unspecified atom stereocenters. The summed E-state index contributed by atoms with van der Waals surface area (Å²) in [5.74, 6) is 0. The topological polar surface area (TPSA) is 51.7 Å². The fourth-order valence-electron chi connectivity index (χ4n) is 0.577. The van der Waals surface area contributed by atoms with Crippen molar-refractivity contribution in [3.63, 3.8) is 0 Å². The SMILES string of the molecule is CCCCCC(O)S.O. The number of aliphatic hydroxyl groups excluding tert-OH is 1. The van der Waals surface area contributed by atoms with Crippen LogP contribution < -0.4 is 0 Å². The average molecular weight is 152 g/mol. The van der Waals surface area contributed by atoms with Gasteiger partial charge in [0.05, 0.1) is 5.44 Å². The molecule has 3 heteroatoms. The number of hydrogen-bond donors (Lipinski definition) is 2. The van der Waals surface area contributed by atoms with E-state index in [1.807, 2.05) is 0 Å². The average Bonchev–Trinajstić information content (AvgIpc) is 1.66. The van der Waals surface area contributed by atoms with Crippen LogP contribution in [0.1, 0.15) is 32.6 Å². The third-order valence-electron chi connectivity index (χ3n) is 1.07. The van der Waals surface area contributed by atoms with E-state index in [0.717, 1.165) is 12.8 Å². The Labute approximate surface area is 62.0 Å². The summed E-state index contributed by atoms with van der Waals surface area (Å²) in [6.45, 7) is 2.14. The maximum Gasteiger partial charge on any atom is 0.0964 e. The molecule has 0 rings (SSSR count). The van der Waals surface area contributed by atoms with Crippen LogP contribution in [-0.2, 0) is 0 Å². The van der Waals surface area contributed by atoms with Gasteiger partial charge in [-0.1, -0.05) is 26.2 Å². The van der Waals surface area contributed by atoms with E-state index < -0.39 is 5.44 Å². The van der Waals surface area contributed by atoms with Gasteiger partial charge in [0.15, 0.2) is 0 Å². The van der Waals surface area contributed by atoms with Crippen molar-refractivity contribution in [1.29, 1.82) is 0 Å². The maximum atomic E-state index is 8.64. The molecule has 0 aromatic rings. The van der Waals surface area contributed by atoms with E-state index in [1.165, 1.54) is 12.8 Å². The minimum absolute atomic E-state index is 0. The number of rotatable bonds is 4. The highest BCUT2D eigenvalue weighted by molar-refractivity contribution is 7.80. The number of thiol groups is 1. The normalized spacial score (nSPS) is 12.3. The first-order valence-electron chi connectivity index (χ1n) is 3.13. The second kappa shape index (κ2) is 8.27. The molecule has 0 radical (unpaired) electrons. The third kappa shape index (κ3) is 11.7. The fraction of sp³-hybridized carbons (Fsp3) is 1.00. The molecule has 0 aromatic heterocycles. The molecule has 0 saturated heterocycles. The molecule has 2 nitrogen and oxygen atoms in total. The first-order chi connectivity index (χ1) is 3.77. The summed E-state index contributed by atoms with van der Waals surface area (Å²) in [4.78, 5) is 0. The Morgan fingerprint density at radius 3 is 2.33 bits per heavy atom. The monoisotopic (exact) mass is 152 g/mol. The largest absolute Gasteiger partial charge is 0.412 e. The van der Waals surface area contributed by atoms with E-state index in [0.29, 0.717) is 0 Å². The smallest absolute Gasteiger partial charge is 0.0964 e.